The zero-order valence-electron chi connectivity index (χ0n) is 14.1. The second-order valence-corrected chi connectivity index (χ2v) is 6.19. The van der Waals surface area contributed by atoms with Crippen LogP contribution in [0.5, 0.6) is 5.75 Å². The molecular weight excluding hydrogens is 340 g/mol. The van der Waals surface area contributed by atoms with Gasteiger partial charge in [-0.25, -0.2) is 9.97 Å². The maximum absolute atomic E-state index is 12.3. The number of hydrogen-bond donors (Lipinski definition) is 1. The zero-order valence-corrected chi connectivity index (χ0v) is 14.9. The minimum absolute atomic E-state index is 0.237. The van der Waals surface area contributed by atoms with E-state index in [2.05, 4.69) is 15.3 Å². The Labute approximate surface area is 150 Å². The highest BCUT2D eigenvalue weighted by Gasteiger charge is 2.13. The first-order valence-corrected chi connectivity index (χ1v) is 8.40. The van der Waals surface area contributed by atoms with E-state index in [1.54, 1.807) is 22.9 Å². The Morgan fingerprint density at radius 2 is 2.20 bits per heavy atom. The predicted molar refractivity (Wildman–Crippen MR) is 96.4 cm³/mol. The fourth-order valence-electron chi connectivity index (χ4n) is 2.52. The van der Waals surface area contributed by atoms with Gasteiger partial charge in [0.15, 0.2) is 11.3 Å². The van der Waals surface area contributed by atoms with Crippen molar-refractivity contribution in [2.24, 2.45) is 0 Å². The molecule has 0 aliphatic heterocycles. The van der Waals surface area contributed by atoms with Gasteiger partial charge in [0.25, 0.3) is 5.91 Å². The molecule has 25 heavy (non-hydrogen) atoms. The molecule has 0 aliphatic carbocycles. The standard InChI is InChI=1S/C18H19ClN4O2/c1-12-10-14(19)4-5-15(12)25-9-3-6-21-18(24)16-17-22-13(2)11-23(17)8-7-20-16/h4-5,7-8,10-11H,3,6,9H2,1-2H3,(H,21,24). The summed E-state index contributed by atoms with van der Waals surface area (Å²) >= 11 is 5.92. The second kappa shape index (κ2) is 7.53. The molecule has 130 valence electrons. The summed E-state index contributed by atoms with van der Waals surface area (Å²) in [6.07, 6.45) is 5.91. The third-order valence-corrected chi connectivity index (χ3v) is 3.95. The number of aromatic nitrogens is 3. The average molecular weight is 359 g/mol. The van der Waals surface area contributed by atoms with Crippen molar-refractivity contribution in [1.29, 1.82) is 0 Å². The lowest BCUT2D eigenvalue weighted by atomic mass is 10.2. The number of amides is 1. The first kappa shape index (κ1) is 17.2. The molecule has 1 amide bonds. The van der Waals surface area contributed by atoms with Crippen molar-refractivity contribution in [2.75, 3.05) is 13.2 Å². The van der Waals surface area contributed by atoms with Gasteiger partial charge in [0, 0.05) is 30.2 Å². The molecule has 0 aliphatic rings. The summed E-state index contributed by atoms with van der Waals surface area (Å²) < 4.78 is 7.51. The molecule has 6 nitrogen and oxygen atoms in total. The molecule has 1 aromatic carbocycles. The molecule has 0 fully saturated rings. The van der Waals surface area contributed by atoms with E-state index in [9.17, 15) is 4.79 Å². The van der Waals surface area contributed by atoms with Crippen LogP contribution in [0.1, 0.15) is 28.2 Å². The van der Waals surface area contributed by atoms with Crippen molar-refractivity contribution in [2.45, 2.75) is 20.3 Å². The summed E-state index contributed by atoms with van der Waals surface area (Å²) in [5.41, 5.74) is 2.71. The molecule has 0 saturated carbocycles. The van der Waals surface area contributed by atoms with Crippen molar-refractivity contribution in [3.8, 4) is 5.75 Å². The molecule has 0 spiro atoms. The third kappa shape index (κ3) is 4.09. The fraction of sp³-hybridized carbons (Fsp3) is 0.278. The molecule has 2 heterocycles. The molecule has 3 aromatic rings. The van der Waals surface area contributed by atoms with Crippen LogP contribution in [0.4, 0.5) is 0 Å². The van der Waals surface area contributed by atoms with Gasteiger partial charge in [-0.2, -0.15) is 0 Å². The number of carbonyl (C=O) groups is 1. The van der Waals surface area contributed by atoms with Crippen molar-refractivity contribution >= 4 is 23.2 Å². The number of hydrogen-bond acceptors (Lipinski definition) is 4. The lowest BCUT2D eigenvalue weighted by Crippen LogP contribution is -2.27. The van der Waals surface area contributed by atoms with Gasteiger partial charge in [-0.15, -0.1) is 0 Å². The van der Waals surface area contributed by atoms with Crippen LogP contribution in [0.2, 0.25) is 5.02 Å². The largest absolute Gasteiger partial charge is 0.493 e. The number of nitrogens with zero attached hydrogens (tertiary/aromatic N) is 3. The molecule has 0 unspecified atom stereocenters. The maximum atomic E-state index is 12.3. The Morgan fingerprint density at radius 1 is 1.36 bits per heavy atom. The van der Waals surface area contributed by atoms with Crippen molar-refractivity contribution in [1.82, 2.24) is 19.7 Å². The molecule has 0 bridgehead atoms. The van der Waals surface area contributed by atoms with Gasteiger partial charge in [-0.3, -0.25) is 4.79 Å². The van der Waals surface area contributed by atoms with Gasteiger partial charge in [0.1, 0.15) is 5.75 Å². The molecule has 0 saturated heterocycles. The highest BCUT2D eigenvalue weighted by Crippen LogP contribution is 2.21. The number of carbonyl (C=O) groups excluding carboxylic acids is 1. The van der Waals surface area contributed by atoms with Gasteiger partial charge in [-0.05, 0) is 44.0 Å². The second-order valence-electron chi connectivity index (χ2n) is 5.76. The molecule has 7 heteroatoms. The van der Waals surface area contributed by atoms with E-state index in [-0.39, 0.29) is 5.91 Å². The summed E-state index contributed by atoms with van der Waals surface area (Å²) in [6, 6.07) is 5.50. The van der Waals surface area contributed by atoms with Crippen molar-refractivity contribution in [3.63, 3.8) is 0 Å². The monoisotopic (exact) mass is 358 g/mol. The minimum Gasteiger partial charge on any atom is -0.493 e. The number of benzene rings is 1. The van der Waals surface area contributed by atoms with Gasteiger partial charge < -0.3 is 14.5 Å². The molecule has 0 atom stereocenters. The Bertz CT molecular complexity index is 907. The number of imidazole rings is 1. The summed E-state index contributed by atoms with van der Waals surface area (Å²) in [6.45, 7) is 4.82. The third-order valence-electron chi connectivity index (χ3n) is 3.71. The first-order valence-electron chi connectivity index (χ1n) is 8.02. The molecule has 0 radical (unpaired) electrons. The van der Waals surface area contributed by atoms with Crippen LogP contribution >= 0.6 is 11.6 Å². The topological polar surface area (TPSA) is 68.5 Å². The number of halogens is 1. The Morgan fingerprint density at radius 3 is 3.00 bits per heavy atom. The Kier molecular flexibility index (Phi) is 5.19. The van der Waals surface area contributed by atoms with Crippen molar-refractivity contribution in [3.05, 3.63) is 58.8 Å². The van der Waals surface area contributed by atoms with Crippen LogP contribution in [-0.2, 0) is 0 Å². The van der Waals surface area contributed by atoms with E-state index in [4.69, 9.17) is 16.3 Å². The molecule has 3 rings (SSSR count). The average Bonchev–Trinajstić information content (AvgIpc) is 2.96. The van der Waals surface area contributed by atoms with Crippen molar-refractivity contribution < 1.29 is 9.53 Å². The lowest BCUT2D eigenvalue weighted by molar-refractivity contribution is 0.0948. The van der Waals surface area contributed by atoms with E-state index in [0.717, 1.165) is 17.0 Å². The highest BCUT2D eigenvalue weighted by molar-refractivity contribution is 6.30. The van der Waals surface area contributed by atoms with E-state index < -0.39 is 0 Å². The van der Waals surface area contributed by atoms with Crippen LogP contribution in [-0.4, -0.2) is 33.4 Å². The fourth-order valence-corrected chi connectivity index (χ4v) is 2.74. The van der Waals surface area contributed by atoms with Gasteiger partial charge in [0.2, 0.25) is 0 Å². The number of fused-ring (bicyclic) bond motifs is 1. The summed E-state index contributed by atoms with van der Waals surface area (Å²) in [4.78, 5) is 20.8. The van der Waals surface area contributed by atoms with Crippen LogP contribution in [0.15, 0.2) is 36.8 Å². The van der Waals surface area contributed by atoms with E-state index in [1.165, 1.54) is 0 Å². The van der Waals surface area contributed by atoms with Gasteiger partial charge in [-0.1, -0.05) is 11.6 Å². The number of nitrogens with one attached hydrogen (secondary N) is 1. The van der Waals surface area contributed by atoms with E-state index >= 15 is 0 Å². The summed E-state index contributed by atoms with van der Waals surface area (Å²) in [7, 11) is 0. The molecular formula is C18H19ClN4O2. The SMILES string of the molecule is Cc1cn2ccnc(C(=O)NCCCOc3ccc(Cl)cc3C)c2n1. The highest BCUT2D eigenvalue weighted by atomic mass is 35.5. The minimum atomic E-state index is -0.237. The van der Waals surface area contributed by atoms with Crippen LogP contribution in [0.3, 0.4) is 0 Å². The van der Waals surface area contributed by atoms with Gasteiger partial charge in [0.05, 0.1) is 12.3 Å². The molecule has 1 N–H and O–H groups in total. The number of ether oxygens (including phenoxy) is 1. The maximum Gasteiger partial charge on any atom is 0.273 e. The van der Waals surface area contributed by atoms with Crippen LogP contribution in [0.25, 0.3) is 5.65 Å². The number of aryl methyl sites for hydroxylation is 2. The van der Waals surface area contributed by atoms with E-state index in [0.29, 0.717) is 35.9 Å². The predicted octanol–water partition coefficient (Wildman–Crippen LogP) is 3.20. The Hall–Kier alpha value is -2.60. The summed E-state index contributed by atoms with van der Waals surface area (Å²) in [5, 5.41) is 3.54. The normalized spacial score (nSPS) is 10.8. The lowest BCUT2D eigenvalue weighted by Gasteiger charge is -2.10. The van der Waals surface area contributed by atoms with Crippen LogP contribution < -0.4 is 10.1 Å². The van der Waals surface area contributed by atoms with Gasteiger partial charge >= 0.3 is 0 Å². The van der Waals surface area contributed by atoms with E-state index in [1.807, 2.05) is 32.2 Å². The quantitative estimate of drug-likeness (QED) is 0.687. The Balaban J connectivity index is 1.51. The van der Waals surface area contributed by atoms with Crippen LogP contribution in [0, 0.1) is 13.8 Å². The first-order chi connectivity index (χ1) is 12.0. The molecule has 2 aromatic heterocycles. The smallest absolute Gasteiger partial charge is 0.273 e. The summed E-state index contributed by atoms with van der Waals surface area (Å²) in [5.74, 6) is 0.564. The zero-order chi connectivity index (χ0) is 17.8. The number of rotatable bonds is 6.